The fraction of sp³-hybridized carbons (Fsp3) is 0.769. The van der Waals surface area contributed by atoms with Crippen molar-refractivity contribution in [2.24, 2.45) is 0 Å². The van der Waals surface area contributed by atoms with Crippen molar-refractivity contribution in [3.63, 3.8) is 0 Å². The van der Waals surface area contributed by atoms with Crippen molar-refractivity contribution >= 4 is 0 Å². The second-order valence-corrected chi connectivity index (χ2v) is 4.83. The molecule has 0 radical (unpaired) electrons. The predicted octanol–water partition coefficient (Wildman–Crippen LogP) is 1.86. The van der Waals surface area contributed by atoms with Crippen LogP contribution in [0.3, 0.4) is 0 Å². The van der Waals surface area contributed by atoms with Gasteiger partial charge in [0.1, 0.15) is 0 Å². The molecule has 0 aliphatic heterocycles. The number of nitrogens with zero attached hydrogens (tertiary/aromatic N) is 2. The average molecular weight is 237 g/mol. The zero-order valence-electron chi connectivity index (χ0n) is 10.4. The van der Waals surface area contributed by atoms with Gasteiger partial charge in [-0.3, -0.25) is 4.68 Å². The molecule has 4 nitrogen and oxygen atoms in total. The van der Waals surface area contributed by atoms with E-state index in [1.54, 1.807) is 0 Å². The molecule has 4 heteroatoms. The first-order chi connectivity index (χ1) is 8.40. The van der Waals surface area contributed by atoms with Crippen molar-refractivity contribution in [1.29, 1.82) is 0 Å². The van der Waals surface area contributed by atoms with E-state index in [1.807, 2.05) is 0 Å². The van der Waals surface area contributed by atoms with Gasteiger partial charge >= 0.3 is 0 Å². The summed E-state index contributed by atoms with van der Waals surface area (Å²) in [5, 5.41) is 16.6. The summed E-state index contributed by atoms with van der Waals surface area (Å²) in [5.41, 5.74) is 1.13. The third-order valence-electron chi connectivity index (χ3n) is 3.43. The molecule has 1 saturated carbocycles. The van der Waals surface area contributed by atoms with Gasteiger partial charge in [0.15, 0.2) is 0 Å². The molecule has 0 amide bonds. The Labute approximate surface area is 103 Å². The molecule has 2 rings (SSSR count). The smallest absolute Gasteiger partial charge is 0.0762 e. The molecule has 2 N–H and O–H groups in total. The molecule has 1 aromatic rings. The summed E-state index contributed by atoms with van der Waals surface area (Å²) in [5.74, 6) is 0. The van der Waals surface area contributed by atoms with Gasteiger partial charge in [-0.1, -0.05) is 12.8 Å². The van der Waals surface area contributed by atoms with Gasteiger partial charge in [-0.15, -0.1) is 0 Å². The molecule has 1 aliphatic carbocycles. The number of hydrogen-bond donors (Lipinski definition) is 2. The fourth-order valence-corrected chi connectivity index (χ4v) is 2.42. The van der Waals surface area contributed by atoms with E-state index in [1.165, 1.54) is 25.7 Å². The largest absolute Gasteiger partial charge is 0.396 e. The van der Waals surface area contributed by atoms with Crippen LogP contribution in [0.5, 0.6) is 0 Å². The molecular formula is C13H23N3O. The molecule has 0 atom stereocenters. The first kappa shape index (κ1) is 12.6. The summed E-state index contributed by atoms with van der Waals surface area (Å²) >= 11 is 0. The second kappa shape index (κ2) is 6.77. The Kier molecular flexibility index (Phi) is 5.01. The van der Waals surface area contributed by atoms with E-state index in [4.69, 9.17) is 5.11 Å². The summed E-state index contributed by atoms with van der Waals surface area (Å²) in [6.45, 7) is 2.08. The van der Waals surface area contributed by atoms with E-state index in [2.05, 4.69) is 27.4 Å². The minimum Gasteiger partial charge on any atom is -0.396 e. The molecule has 0 bridgehead atoms. The van der Waals surface area contributed by atoms with Gasteiger partial charge in [0.2, 0.25) is 0 Å². The van der Waals surface area contributed by atoms with E-state index in [9.17, 15) is 0 Å². The van der Waals surface area contributed by atoms with Crippen LogP contribution in [-0.2, 0) is 6.54 Å². The first-order valence-corrected chi connectivity index (χ1v) is 6.76. The van der Waals surface area contributed by atoms with Crippen LogP contribution in [0, 0.1) is 0 Å². The van der Waals surface area contributed by atoms with Crippen molar-refractivity contribution in [3.05, 3.63) is 18.0 Å². The fourth-order valence-electron chi connectivity index (χ4n) is 2.42. The van der Waals surface area contributed by atoms with Crippen molar-refractivity contribution in [2.45, 2.75) is 51.1 Å². The van der Waals surface area contributed by atoms with Crippen molar-refractivity contribution in [2.75, 3.05) is 13.2 Å². The monoisotopic (exact) mass is 237 g/mol. The lowest BCUT2D eigenvalue weighted by Gasteiger charge is -2.08. The molecule has 1 fully saturated rings. The lowest BCUT2D eigenvalue weighted by Crippen LogP contribution is -2.16. The SMILES string of the molecule is OCCCCNCc1ccn(C2CCCC2)n1. The molecule has 1 aromatic heterocycles. The van der Waals surface area contributed by atoms with Gasteiger partial charge in [0, 0.05) is 19.3 Å². The number of aliphatic hydroxyl groups excluding tert-OH is 1. The number of unbranched alkanes of at least 4 members (excludes halogenated alkanes) is 1. The van der Waals surface area contributed by atoms with Gasteiger partial charge < -0.3 is 10.4 Å². The predicted molar refractivity (Wildman–Crippen MR) is 67.8 cm³/mol. The van der Waals surface area contributed by atoms with Crippen LogP contribution in [0.4, 0.5) is 0 Å². The van der Waals surface area contributed by atoms with Crippen LogP contribution in [0.25, 0.3) is 0 Å². The third kappa shape index (κ3) is 3.82. The van der Waals surface area contributed by atoms with E-state index < -0.39 is 0 Å². The number of aromatic nitrogens is 2. The number of hydrogen-bond acceptors (Lipinski definition) is 3. The van der Waals surface area contributed by atoms with Crippen LogP contribution in [0.1, 0.15) is 50.3 Å². The van der Waals surface area contributed by atoms with Crippen LogP contribution in [-0.4, -0.2) is 28.0 Å². The highest BCUT2D eigenvalue weighted by Gasteiger charge is 2.17. The lowest BCUT2D eigenvalue weighted by atomic mass is 10.3. The average Bonchev–Trinajstić information content (AvgIpc) is 2.99. The zero-order valence-corrected chi connectivity index (χ0v) is 10.4. The quantitative estimate of drug-likeness (QED) is 0.712. The van der Waals surface area contributed by atoms with Crippen LogP contribution in [0.15, 0.2) is 12.3 Å². The molecule has 0 aromatic carbocycles. The second-order valence-electron chi connectivity index (χ2n) is 4.83. The highest BCUT2D eigenvalue weighted by molar-refractivity contribution is 4.99. The normalized spacial score (nSPS) is 16.8. The van der Waals surface area contributed by atoms with Crippen molar-refractivity contribution in [3.8, 4) is 0 Å². The van der Waals surface area contributed by atoms with Crippen LogP contribution < -0.4 is 5.32 Å². The zero-order chi connectivity index (χ0) is 11.9. The summed E-state index contributed by atoms with van der Waals surface area (Å²) in [6, 6.07) is 2.75. The molecule has 1 aliphatic rings. The molecule has 0 saturated heterocycles. The summed E-state index contributed by atoms with van der Waals surface area (Å²) in [6.07, 6.45) is 9.28. The molecule has 17 heavy (non-hydrogen) atoms. The van der Waals surface area contributed by atoms with Crippen LogP contribution >= 0.6 is 0 Å². The van der Waals surface area contributed by atoms with Crippen molar-refractivity contribution in [1.82, 2.24) is 15.1 Å². The Morgan fingerprint density at radius 1 is 1.35 bits per heavy atom. The molecular weight excluding hydrogens is 214 g/mol. The van der Waals surface area contributed by atoms with Gasteiger partial charge in [-0.2, -0.15) is 5.10 Å². The van der Waals surface area contributed by atoms with Gasteiger partial charge in [-0.05, 0) is 38.3 Å². The van der Waals surface area contributed by atoms with Crippen molar-refractivity contribution < 1.29 is 5.11 Å². The standard InChI is InChI=1S/C13H23N3O/c17-10-4-3-8-14-11-12-7-9-16(15-12)13-5-1-2-6-13/h7,9,13-14,17H,1-6,8,10-11H2. The summed E-state index contributed by atoms with van der Waals surface area (Å²) in [7, 11) is 0. The summed E-state index contributed by atoms with van der Waals surface area (Å²) < 4.78 is 2.14. The number of nitrogens with one attached hydrogen (secondary N) is 1. The maximum atomic E-state index is 8.66. The van der Waals surface area contributed by atoms with E-state index >= 15 is 0 Å². The highest BCUT2D eigenvalue weighted by atomic mass is 16.2. The Bertz CT molecular complexity index is 318. The Balaban J connectivity index is 1.70. The third-order valence-corrected chi connectivity index (χ3v) is 3.43. The Morgan fingerprint density at radius 3 is 2.94 bits per heavy atom. The summed E-state index contributed by atoms with van der Waals surface area (Å²) in [4.78, 5) is 0. The lowest BCUT2D eigenvalue weighted by molar-refractivity contribution is 0.283. The van der Waals surface area contributed by atoms with Gasteiger partial charge in [-0.25, -0.2) is 0 Å². The highest BCUT2D eigenvalue weighted by Crippen LogP contribution is 2.28. The van der Waals surface area contributed by atoms with E-state index in [0.717, 1.165) is 31.6 Å². The Hall–Kier alpha value is -0.870. The van der Waals surface area contributed by atoms with Gasteiger partial charge in [0.05, 0.1) is 11.7 Å². The molecule has 0 unspecified atom stereocenters. The van der Waals surface area contributed by atoms with Gasteiger partial charge in [0.25, 0.3) is 0 Å². The number of aliphatic hydroxyl groups is 1. The number of rotatable bonds is 7. The topological polar surface area (TPSA) is 50.1 Å². The molecule has 1 heterocycles. The van der Waals surface area contributed by atoms with E-state index in [0.29, 0.717) is 6.04 Å². The maximum absolute atomic E-state index is 8.66. The minimum atomic E-state index is 0.290. The Morgan fingerprint density at radius 2 is 2.18 bits per heavy atom. The molecule has 0 spiro atoms. The molecule has 96 valence electrons. The first-order valence-electron chi connectivity index (χ1n) is 6.76. The minimum absolute atomic E-state index is 0.290. The maximum Gasteiger partial charge on any atom is 0.0762 e. The van der Waals surface area contributed by atoms with E-state index in [-0.39, 0.29) is 6.61 Å². The van der Waals surface area contributed by atoms with Crippen LogP contribution in [0.2, 0.25) is 0 Å².